The van der Waals surface area contributed by atoms with Crippen molar-refractivity contribution in [3.8, 4) is 0 Å². The predicted octanol–water partition coefficient (Wildman–Crippen LogP) is -0.142. The number of rotatable bonds is 9. The largest absolute Gasteiger partial charge is 0.481 e. The van der Waals surface area contributed by atoms with E-state index in [0.717, 1.165) is 24.6 Å². The van der Waals surface area contributed by atoms with Crippen LogP contribution in [0.2, 0.25) is 0 Å². The van der Waals surface area contributed by atoms with Crippen LogP contribution in [0.25, 0.3) is 0 Å². The lowest BCUT2D eigenvalue weighted by Gasteiger charge is -2.42. The zero-order chi connectivity index (χ0) is 15.1. The summed E-state index contributed by atoms with van der Waals surface area (Å²) in [6.45, 7) is 2.61. The summed E-state index contributed by atoms with van der Waals surface area (Å²) in [4.78, 5) is 34.4. The molecule has 0 bridgehead atoms. The van der Waals surface area contributed by atoms with Gasteiger partial charge in [-0.3, -0.25) is 19.3 Å². The molecule has 1 rings (SSSR count). The van der Waals surface area contributed by atoms with Crippen molar-refractivity contribution >= 4 is 29.6 Å². The van der Waals surface area contributed by atoms with Crippen LogP contribution in [0.3, 0.4) is 0 Å². The molecule has 0 unspecified atom stereocenters. The van der Waals surface area contributed by atoms with Crippen LogP contribution in [0.4, 0.5) is 0 Å². The van der Waals surface area contributed by atoms with Crippen molar-refractivity contribution in [3.05, 3.63) is 0 Å². The van der Waals surface area contributed by atoms with Crippen molar-refractivity contribution < 1.29 is 24.6 Å². The molecule has 3 N–H and O–H groups in total. The molecule has 0 aromatic carbocycles. The second-order valence-electron chi connectivity index (χ2n) is 4.73. The maximum Gasteiger partial charge on any atom is 0.317 e. The number of likely N-dealkylation sites (N-methyl/N-ethyl adjacent to an activating group) is 1. The molecule has 8 heteroatoms. The number of aliphatic carboxylic acids is 2. The van der Waals surface area contributed by atoms with E-state index in [2.05, 4.69) is 5.32 Å². The van der Waals surface area contributed by atoms with Gasteiger partial charge in [-0.25, -0.2) is 0 Å². The summed E-state index contributed by atoms with van der Waals surface area (Å²) in [6, 6.07) is 0.272. The minimum atomic E-state index is -0.932. The molecular weight excluding hydrogens is 284 g/mol. The molecule has 20 heavy (non-hydrogen) atoms. The number of carboxylic acid groups (broad SMARTS) is 2. The molecule has 1 aliphatic rings. The van der Waals surface area contributed by atoms with E-state index in [1.165, 1.54) is 0 Å². The number of hydrogen-bond donors (Lipinski definition) is 3. The molecule has 0 heterocycles. The first-order valence-corrected chi connectivity index (χ1v) is 7.62. The van der Waals surface area contributed by atoms with Gasteiger partial charge >= 0.3 is 11.9 Å². The van der Waals surface area contributed by atoms with Crippen LogP contribution in [-0.4, -0.2) is 69.6 Å². The topological polar surface area (TPSA) is 107 Å². The van der Waals surface area contributed by atoms with Gasteiger partial charge in [0.25, 0.3) is 0 Å². The summed E-state index contributed by atoms with van der Waals surface area (Å²) >= 11 is 1.07. The molecular formula is C12H20N2O5S. The molecule has 0 aromatic rings. The first-order valence-electron chi connectivity index (χ1n) is 6.47. The van der Waals surface area contributed by atoms with Crippen LogP contribution in [0, 0.1) is 0 Å². The zero-order valence-electron chi connectivity index (χ0n) is 11.4. The van der Waals surface area contributed by atoms with Crippen LogP contribution >= 0.6 is 11.8 Å². The van der Waals surface area contributed by atoms with Gasteiger partial charge in [0.05, 0.1) is 18.1 Å². The number of carboxylic acids is 2. The number of nitrogens with zero attached hydrogens (tertiary/aromatic N) is 1. The van der Waals surface area contributed by atoms with Crippen LogP contribution in [0.5, 0.6) is 0 Å². The highest BCUT2D eigenvalue weighted by Gasteiger charge is 2.34. The van der Waals surface area contributed by atoms with E-state index in [4.69, 9.17) is 10.2 Å². The minimum absolute atomic E-state index is 0.0241. The Morgan fingerprint density at radius 2 is 1.85 bits per heavy atom. The number of thioether (sulfide) groups is 1. The van der Waals surface area contributed by atoms with Crippen molar-refractivity contribution in [1.29, 1.82) is 0 Å². The third-order valence-electron chi connectivity index (χ3n) is 3.20. The van der Waals surface area contributed by atoms with Gasteiger partial charge in [0, 0.05) is 12.1 Å². The van der Waals surface area contributed by atoms with Gasteiger partial charge in [0.15, 0.2) is 0 Å². The fourth-order valence-electron chi connectivity index (χ4n) is 2.18. The van der Waals surface area contributed by atoms with Crippen molar-refractivity contribution in [3.63, 3.8) is 0 Å². The molecule has 114 valence electrons. The minimum Gasteiger partial charge on any atom is -0.481 e. The van der Waals surface area contributed by atoms with Crippen molar-refractivity contribution in [2.24, 2.45) is 0 Å². The summed E-state index contributed by atoms with van der Waals surface area (Å²) in [6.07, 6.45) is 1.49. The Hall–Kier alpha value is -1.28. The highest BCUT2D eigenvalue weighted by Crippen LogP contribution is 2.25. The van der Waals surface area contributed by atoms with E-state index in [0.29, 0.717) is 6.54 Å². The van der Waals surface area contributed by atoms with Gasteiger partial charge in [0.2, 0.25) is 5.91 Å². The lowest BCUT2D eigenvalue weighted by Crippen LogP contribution is -2.55. The van der Waals surface area contributed by atoms with E-state index in [-0.39, 0.29) is 36.0 Å². The maximum absolute atomic E-state index is 11.5. The first kappa shape index (κ1) is 16.8. The third kappa shape index (κ3) is 5.79. The Balaban J connectivity index is 2.19. The molecule has 0 aliphatic heterocycles. The van der Waals surface area contributed by atoms with Crippen molar-refractivity contribution in [2.45, 2.75) is 31.8 Å². The third-order valence-corrected chi connectivity index (χ3v) is 4.12. The zero-order valence-corrected chi connectivity index (χ0v) is 12.2. The molecule has 0 atom stereocenters. The summed E-state index contributed by atoms with van der Waals surface area (Å²) in [5.74, 6) is -1.88. The summed E-state index contributed by atoms with van der Waals surface area (Å²) < 4.78 is 0. The number of amides is 1. The fourth-order valence-corrected chi connectivity index (χ4v) is 2.72. The lowest BCUT2D eigenvalue weighted by atomic mass is 9.85. The van der Waals surface area contributed by atoms with E-state index >= 15 is 0 Å². The molecule has 1 saturated carbocycles. The number of nitrogens with one attached hydrogen (secondary N) is 1. The number of hydrogen-bond acceptors (Lipinski definition) is 5. The second-order valence-corrected chi connectivity index (χ2v) is 5.72. The quantitative estimate of drug-likeness (QED) is 0.544. The number of carbonyl (C=O) groups excluding carboxylic acids is 1. The summed E-state index contributed by atoms with van der Waals surface area (Å²) in [7, 11) is 0. The van der Waals surface area contributed by atoms with Gasteiger partial charge < -0.3 is 15.5 Å². The fraction of sp³-hybridized carbons (Fsp3) is 0.750. The highest BCUT2D eigenvalue weighted by molar-refractivity contribution is 8.00. The van der Waals surface area contributed by atoms with Gasteiger partial charge in [0.1, 0.15) is 0 Å². The van der Waals surface area contributed by atoms with E-state index in [1.807, 2.05) is 11.8 Å². The molecule has 1 amide bonds. The Kier molecular flexibility index (Phi) is 6.80. The predicted molar refractivity (Wildman–Crippen MR) is 74.8 cm³/mol. The van der Waals surface area contributed by atoms with Crippen LogP contribution < -0.4 is 5.32 Å². The molecule has 1 fully saturated rings. The highest BCUT2D eigenvalue weighted by atomic mass is 32.2. The molecule has 0 saturated heterocycles. The number of carbonyl (C=O) groups is 3. The Morgan fingerprint density at radius 3 is 2.35 bits per heavy atom. The van der Waals surface area contributed by atoms with Gasteiger partial charge in [-0.15, -0.1) is 11.8 Å². The maximum atomic E-state index is 11.5. The van der Waals surface area contributed by atoms with Gasteiger partial charge in [-0.05, 0) is 19.4 Å². The average molecular weight is 304 g/mol. The molecule has 1 aliphatic carbocycles. The van der Waals surface area contributed by atoms with Crippen LogP contribution in [-0.2, 0) is 14.4 Å². The smallest absolute Gasteiger partial charge is 0.317 e. The van der Waals surface area contributed by atoms with Crippen molar-refractivity contribution in [2.75, 3.05) is 24.6 Å². The van der Waals surface area contributed by atoms with Gasteiger partial charge in [-0.1, -0.05) is 6.92 Å². The lowest BCUT2D eigenvalue weighted by molar-refractivity contribution is -0.140. The van der Waals surface area contributed by atoms with E-state index in [9.17, 15) is 14.4 Å². The van der Waals surface area contributed by atoms with Gasteiger partial charge in [-0.2, -0.15) is 0 Å². The Bertz CT molecular complexity index is 371. The monoisotopic (exact) mass is 304 g/mol. The van der Waals surface area contributed by atoms with Crippen LogP contribution in [0.1, 0.15) is 19.8 Å². The normalized spacial score (nSPS) is 21.3. The van der Waals surface area contributed by atoms with E-state index in [1.54, 1.807) is 0 Å². The van der Waals surface area contributed by atoms with E-state index < -0.39 is 11.9 Å². The molecule has 0 radical (unpaired) electrons. The Morgan fingerprint density at radius 1 is 1.20 bits per heavy atom. The van der Waals surface area contributed by atoms with Crippen molar-refractivity contribution in [1.82, 2.24) is 10.2 Å². The molecule has 7 nitrogen and oxygen atoms in total. The average Bonchev–Trinajstić information content (AvgIpc) is 2.30. The molecule has 0 aromatic heterocycles. The van der Waals surface area contributed by atoms with Crippen LogP contribution in [0.15, 0.2) is 0 Å². The standard InChI is InChI=1S/C12H20N2O5S/c1-2-14(5-11(16)17)9-3-8(4-9)13-10(15)6-20-7-12(18)19/h8-9H,2-7H2,1H3,(H,13,15)(H,16,17)(H,18,19). The Labute approximate surface area is 121 Å². The second kappa shape index (κ2) is 8.11. The SMILES string of the molecule is CCN(CC(=O)O)C1CC(NC(=O)CSCC(=O)O)C1. The molecule has 0 spiro atoms. The summed E-state index contributed by atoms with van der Waals surface area (Å²) in [5, 5.41) is 20.1. The first-order chi connectivity index (χ1) is 9.42. The summed E-state index contributed by atoms with van der Waals surface area (Å²) in [5.41, 5.74) is 0.